The molecule has 0 saturated heterocycles. The lowest BCUT2D eigenvalue weighted by Crippen LogP contribution is -2.20. The van der Waals surface area contributed by atoms with Crippen molar-refractivity contribution in [2.24, 2.45) is 0 Å². The number of amides is 1. The van der Waals surface area contributed by atoms with Crippen LogP contribution in [0, 0.1) is 20.8 Å². The average Bonchev–Trinajstić information content (AvgIpc) is 2.95. The Bertz CT molecular complexity index is 1020. The first kappa shape index (κ1) is 18.1. The Hall–Kier alpha value is -3.28. The summed E-state index contributed by atoms with van der Waals surface area (Å²) in [5.74, 6) is 0. The lowest BCUT2D eigenvalue weighted by Gasteiger charge is -2.18. The van der Waals surface area contributed by atoms with Crippen LogP contribution in [0.4, 0.5) is 16.2 Å². The van der Waals surface area contributed by atoms with Crippen LogP contribution in [0.15, 0.2) is 42.5 Å². The van der Waals surface area contributed by atoms with Gasteiger partial charge < -0.3 is 10.1 Å². The topological polar surface area (TPSA) is 68.2 Å². The van der Waals surface area contributed by atoms with Crippen LogP contribution < -0.4 is 10.6 Å². The van der Waals surface area contributed by atoms with Crippen molar-refractivity contribution in [3.8, 4) is 0 Å². The van der Waals surface area contributed by atoms with Crippen LogP contribution in [0.3, 0.4) is 0 Å². The summed E-state index contributed by atoms with van der Waals surface area (Å²) < 4.78 is 7.10. The number of fused-ring (bicyclic) bond motifs is 1. The van der Waals surface area contributed by atoms with Crippen molar-refractivity contribution < 1.29 is 9.53 Å². The molecule has 4 rings (SSSR count). The summed E-state index contributed by atoms with van der Waals surface area (Å²) >= 11 is 0. The molecule has 2 N–H and O–H groups in total. The van der Waals surface area contributed by atoms with Crippen molar-refractivity contribution in [2.75, 3.05) is 10.6 Å². The molecular weight excluding hydrogens is 352 g/mol. The summed E-state index contributed by atoms with van der Waals surface area (Å²) in [6, 6.07) is 14.4. The van der Waals surface area contributed by atoms with Gasteiger partial charge in [0, 0.05) is 29.1 Å². The number of ether oxygens (including phenoxy) is 1. The van der Waals surface area contributed by atoms with E-state index in [0.717, 1.165) is 29.2 Å². The maximum absolute atomic E-state index is 11.3. The maximum Gasteiger partial charge on any atom is 0.411 e. The van der Waals surface area contributed by atoms with Crippen molar-refractivity contribution in [3.05, 3.63) is 76.1 Å². The molecule has 1 aliphatic rings. The molecule has 28 heavy (non-hydrogen) atoms. The van der Waals surface area contributed by atoms with Gasteiger partial charge in [0.2, 0.25) is 0 Å². The van der Waals surface area contributed by atoms with E-state index in [1.165, 1.54) is 22.4 Å². The number of nitrogens with one attached hydrogen (secondary N) is 2. The summed E-state index contributed by atoms with van der Waals surface area (Å²) in [5, 5.41) is 10.9. The van der Waals surface area contributed by atoms with Crippen molar-refractivity contribution >= 4 is 17.5 Å². The minimum atomic E-state index is -0.402. The number of nitrogens with zero attached hydrogens (tertiary/aromatic N) is 2. The van der Waals surface area contributed by atoms with Crippen LogP contribution in [0.2, 0.25) is 0 Å². The first-order valence-electron chi connectivity index (χ1n) is 9.38. The smallest absolute Gasteiger partial charge is 0.411 e. The van der Waals surface area contributed by atoms with Gasteiger partial charge in [-0.15, -0.1) is 0 Å². The highest BCUT2D eigenvalue weighted by molar-refractivity contribution is 5.88. The Balaban J connectivity index is 1.47. The number of hydrogen-bond acceptors (Lipinski definition) is 4. The summed E-state index contributed by atoms with van der Waals surface area (Å²) in [7, 11) is 0. The van der Waals surface area contributed by atoms with Gasteiger partial charge in [-0.05, 0) is 44.5 Å². The van der Waals surface area contributed by atoms with E-state index >= 15 is 0 Å². The zero-order valence-electron chi connectivity index (χ0n) is 16.4. The van der Waals surface area contributed by atoms with E-state index in [1.807, 2.05) is 25.1 Å². The number of anilines is 2. The quantitative estimate of drug-likeness (QED) is 0.686. The Kier molecular flexibility index (Phi) is 4.77. The highest BCUT2D eigenvalue weighted by atomic mass is 16.5. The maximum atomic E-state index is 11.3. The Morgan fingerprint density at radius 1 is 1.14 bits per heavy atom. The van der Waals surface area contributed by atoms with Crippen LogP contribution >= 0.6 is 0 Å². The molecule has 6 nitrogen and oxygen atoms in total. The number of carbonyl (C=O) groups is 1. The number of aryl methyl sites for hydroxylation is 2. The van der Waals surface area contributed by atoms with Crippen LogP contribution in [0.25, 0.3) is 0 Å². The summed E-state index contributed by atoms with van der Waals surface area (Å²) in [6.07, 6.45) is -0.402. The molecule has 1 aliphatic heterocycles. The third kappa shape index (κ3) is 3.71. The number of cyclic esters (lactones) is 1. The molecule has 2 aromatic carbocycles. The fourth-order valence-corrected chi connectivity index (χ4v) is 3.44. The Labute approximate surface area is 164 Å². The molecule has 0 saturated carbocycles. The van der Waals surface area contributed by atoms with Gasteiger partial charge in [-0.2, -0.15) is 5.10 Å². The van der Waals surface area contributed by atoms with Crippen molar-refractivity contribution in [1.82, 2.24) is 9.78 Å². The van der Waals surface area contributed by atoms with Crippen LogP contribution in [0.5, 0.6) is 0 Å². The first-order chi connectivity index (χ1) is 13.5. The molecule has 2 heterocycles. The summed E-state index contributed by atoms with van der Waals surface area (Å²) in [5.41, 5.74) is 8.67. The zero-order chi connectivity index (χ0) is 19.7. The van der Waals surface area contributed by atoms with Gasteiger partial charge in [-0.25, -0.2) is 4.79 Å². The van der Waals surface area contributed by atoms with E-state index in [2.05, 4.69) is 53.4 Å². The van der Waals surface area contributed by atoms with Gasteiger partial charge in [0.05, 0.1) is 17.9 Å². The summed E-state index contributed by atoms with van der Waals surface area (Å²) in [6.45, 7) is 8.01. The fourth-order valence-electron chi connectivity index (χ4n) is 3.44. The van der Waals surface area contributed by atoms with Crippen molar-refractivity contribution in [3.63, 3.8) is 0 Å². The van der Waals surface area contributed by atoms with E-state index in [1.54, 1.807) is 0 Å². The van der Waals surface area contributed by atoms with Crippen LogP contribution in [-0.2, 0) is 24.4 Å². The highest BCUT2D eigenvalue weighted by Gasteiger charge is 2.16. The molecule has 0 atom stereocenters. The van der Waals surface area contributed by atoms with Gasteiger partial charge in [-0.3, -0.25) is 10.00 Å². The Morgan fingerprint density at radius 2 is 1.93 bits per heavy atom. The van der Waals surface area contributed by atoms with Crippen molar-refractivity contribution in [2.45, 2.75) is 40.5 Å². The molecule has 144 valence electrons. The van der Waals surface area contributed by atoms with E-state index in [-0.39, 0.29) is 0 Å². The zero-order valence-corrected chi connectivity index (χ0v) is 16.4. The highest BCUT2D eigenvalue weighted by Crippen LogP contribution is 2.25. The lowest BCUT2D eigenvalue weighted by molar-refractivity contribution is 0.151. The molecular formula is C22H24N4O2. The molecule has 0 fully saturated rings. The molecule has 0 bridgehead atoms. The minimum absolute atomic E-state index is 0.295. The van der Waals surface area contributed by atoms with Gasteiger partial charge >= 0.3 is 6.09 Å². The SMILES string of the molecule is Cc1ccc(Cn2nc(C)c(CNc3ccc4c(c3)COC(=O)N4)c2C)cc1. The number of hydrogen-bond donors (Lipinski definition) is 2. The predicted molar refractivity (Wildman–Crippen MR) is 110 cm³/mol. The molecule has 1 amide bonds. The molecule has 0 aliphatic carbocycles. The molecule has 3 aromatic rings. The fraction of sp³-hybridized carbons (Fsp3) is 0.273. The van der Waals surface area contributed by atoms with Gasteiger partial charge in [0.15, 0.2) is 0 Å². The van der Waals surface area contributed by atoms with Gasteiger partial charge in [-0.1, -0.05) is 29.8 Å². The van der Waals surface area contributed by atoms with E-state index in [9.17, 15) is 4.79 Å². The van der Waals surface area contributed by atoms with Crippen LogP contribution in [-0.4, -0.2) is 15.9 Å². The number of rotatable bonds is 5. The second kappa shape index (κ2) is 7.38. The van der Waals surface area contributed by atoms with Crippen LogP contribution in [0.1, 0.15) is 33.6 Å². The number of carbonyl (C=O) groups excluding carboxylic acids is 1. The molecule has 0 radical (unpaired) electrons. The Morgan fingerprint density at radius 3 is 2.71 bits per heavy atom. The molecule has 0 unspecified atom stereocenters. The third-order valence-corrected chi connectivity index (χ3v) is 5.15. The number of aromatic nitrogens is 2. The minimum Gasteiger partial charge on any atom is -0.444 e. The van der Waals surface area contributed by atoms with E-state index in [4.69, 9.17) is 9.84 Å². The van der Waals surface area contributed by atoms with Gasteiger partial charge in [0.1, 0.15) is 6.61 Å². The second-order valence-corrected chi connectivity index (χ2v) is 7.22. The average molecular weight is 376 g/mol. The van der Waals surface area contributed by atoms with Gasteiger partial charge in [0.25, 0.3) is 0 Å². The van der Waals surface area contributed by atoms with E-state index < -0.39 is 6.09 Å². The monoisotopic (exact) mass is 376 g/mol. The first-order valence-corrected chi connectivity index (χ1v) is 9.38. The molecule has 0 spiro atoms. The second-order valence-electron chi connectivity index (χ2n) is 7.22. The normalized spacial score (nSPS) is 12.9. The largest absolute Gasteiger partial charge is 0.444 e. The molecule has 1 aromatic heterocycles. The standard InChI is InChI=1S/C22H24N4O2/c1-14-4-6-17(7-5-14)12-26-16(3)20(15(2)25-26)11-23-19-8-9-21-18(10-19)13-28-22(27)24-21/h4-10,23H,11-13H2,1-3H3,(H,24,27). The molecule has 6 heteroatoms. The van der Waals surface area contributed by atoms with Crippen molar-refractivity contribution in [1.29, 1.82) is 0 Å². The third-order valence-electron chi connectivity index (χ3n) is 5.15. The number of benzene rings is 2. The predicted octanol–water partition coefficient (Wildman–Crippen LogP) is 4.53. The lowest BCUT2D eigenvalue weighted by atomic mass is 10.1. The van der Waals surface area contributed by atoms with E-state index in [0.29, 0.717) is 13.2 Å². The summed E-state index contributed by atoms with van der Waals surface area (Å²) in [4.78, 5) is 11.3.